The third kappa shape index (κ3) is 2.67. The molecule has 0 saturated heterocycles. The van der Waals surface area contributed by atoms with Crippen LogP contribution in [0.2, 0.25) is 0 Å². The Balaban J connectivity index is 2.90. The molecule has 6 N–H and O–H groups in total. The van der Waals surface area contributed by atoms with Gasteiger partial charge in [-0.05, 0) is 12.1 Å². The van der Waals surface area contributed by atoms with E-state index in [0.717, 1.165) is 6.07 Å². The highest BCUT2D eigenvalue weighted by molar-refractivity contribution is 6.01. The third-order valence-corrected chi connectivity index (χ3v) is 1.83. The fourth-order valence-corrected chi connectivity index (χ4v) is 1.12. The van der Waals surface area contributed by atoms with Crippen molar-refractivity contribution in [3.8, 4) is 0 Å². The van der Waals surface area contributed by atoms with E-state index in [-0.39, 0.29) is 17.8 Å². The molecule has 0 aromatic heterocycles. The first-order chi connectivity index (χ1) is 7.56. The van der Waals surface area contributed by atoms with Crippen molar-refractivity contribution in [3.63, 3.8) is 0 Å². The second-order valence-corrected chi connectivity index (χ2v) is 2.96. The molecule has 0 heterocycles. The Morgan fingerprint density at radius 2 is 2.06 bits per heavy atom. The van der Waals surface area contributed by atoms with E-state index in [4.69, 9.17) is 11.6 Å². The number of amides is 2. The van der Waals surface area contributed by atoms with Crippen molar-refractivity contribution in [1.29, 1.82) is 0 Å². The van der Waals surface area contributed by atoms with Gasteiger partial charge in [0.2, 0.25) is 5.91 Å². The van der Waals surface area contributed by atoms with Crippen LogP contribution in [0, 0.1) is 5.82 Å². The van der Waals surface area contributed by atoms with Crippen LogP contribution < -0.4 is 22.3 Å². The van der Waals surface area contributed by atoms with Crippen molar-refractivity contribution < 1.29 is 14.0 Å². The van der Waals surface area contributed by atoms with Gasteiger partial charge in [0.25, 0.3) is 5.91 Å². The van der Waals surface area contributed by atoms with Crippen LogP contribution in [0.1, 0.15) is 10.4 Å². The summed E-state index contributed by atoms with van der Waals surface area (Å²) in [6, 6.07) is 3.88. The highest BCUT2D eigenvalue weighted by atomic mass is 19.1. The Bertz CT molecular complexity index is 422. The van der Waals surface area contributed by atoms with Crippen LogP contribution in [0.3, 0.4) is 0 Å². The smallest absolute Gasteiger partial charge is 0.253 e. The number of primary amides is 1. The van der Waals surface area contributed by atoms with Crippen LogP contribution in [0.25, 0.3) is 0 Å². The number of rotatable bonds is 4. The first-order valence-electron chi connectivity index (χ1n) is 4.38. The molecule has 0 aliphatic rings. The first-order valence-corrected chi connectivity index (χ1v) is 4.38. The Morgan fingerprint density at radius 1 is 1.38 bits per heavy atom. The van der Waals surface area contributed by atoms with Crippen LogP contribution in [-0.4, -0.2) is 18.4 Å². The van der Waals surface area contributed by atoms with Crippen LogP contribution >= 0.6 is 0 Å². The molecule has 0 aliphatic heterocycles. The quantitative estimate of drug-likeness (QED) is 0.403. The minimum Gasteiger partial charge on any atom is -0.368 e. The fourth-order valence-electron chi connectivity index (χ4n) is 1.12. The van der Waals surface area contributed by atoms with E-state index in [2.05, 4.69) is 10.7 Å². The van der Waals surface area contributed by atoms with Gasteiger partial charge in [-0.1, -0.05) is 6.07 Å². The number of nitrogen functional groups attached to an aromatic ring is 1. The fraction of sp³-hybridized carbons (Fsp3) is 0.111. The molecule has 2 amide bonds. The lowest BCUT2D eigenvalue weighted by atomic mass is 10.1. The summed E-state index contributed by atoms with van der Waals surface area (Å²) < 4.78 is 13.2. The third-order valence-electron chi connectivity index (χ3n) is 1.83. The molecule has 0 radical (unpaired) electrons. The number of benzene rings is 1. The van der Waals surface area contributed by atoms with Crippen molar-refractivity contribution in [2.24, 2.45) is 11.6 Å². The van der Waals surface area contributed by atoms with Crippen molar-refractivity contribution in [2.45, 2.75) is 0 Å². The normalized spacial score (nSPS) is 9.62. The molecule has 7 heteroatoms. The van der Waals surface area contributed by atoms with Crippen LogP contribution in [-0.2, 0) is 4.79 Å². The minimum atomic E-state index is -0.688. The number of nitrogens with two attached hydrogens (primary N) is 2. The summed E-state index contributed by atoms with van der Waals surface area (Å²) in [5, 5.41) is 2.22. The molecule has 16 heavy (non-hydrogen) atoms. The molecule has 0 atom stereocenters. The summed E-state index contributed by atoms with van der Waals surface area (Å²) in [6.07, 6.45) is 0. The zero-order valence-electron chi connectivity index (χ0n) is 8.29. The molecule has 0 bridgehead atoms. The molecule has 86 valence electrons. The van der Waals surface area contributed by atoms with Crippen LogP contribution in [0.15, 0.2) is 18.2 Å². The molecule has 0 saturated carbocycles. The molecule has 0 fully saturated rings. The zero-order chi connectivity index (χ0) is 12.1. The van der Waals surface area contributed by atoms with Crippen molar-refractivity contribution >= 4 is 17.5 Å². The Labute approximate surface area is 90.8 Å². The van der Waals surface area contributed by atoms with Crippen molar-refractivity contribution in [3.05, 3.63) is 29.6 Å². The van der Waals surface area contributed by atoms with Gasteiger partial charge in [0.05, 0.1) is 17.8 Å². The number of anilines is 1. The number of halogens is 1. The van der Waals surface area contributed by atoms with E-state index in [0.29, 0.717) is 0 Å². The lowest BCUT2D eigenvalue weighted by Crippen LogP contribution is -2.34. The maximum absolute atomic E-state index is 13.2. The largest absolute Gasteiger partial charge is 0.368 e. The minimum absolute atomic E-state index is 0.00347. The number of carbonyl (C=O) groups is 2. The first kappa shape index (κ1) is 11.9. The van der Waals surface area contributed by atoms with E-state index >= 15 is 0 Å². The van der Waals surface area contributed by atoms with E-state index in [1.165, 1.54) is 12.1 Å². The summed E-state index contributed by atoms with van der Waals surface area (Å²) in [6.45, 7) is -0.320. The molecule has 0 unspecified atom stereocenters. The summed E-state index contributed by atoms with van der Waals surface area (Å²) in [5.41, 5.74) is 6.80. The predicted octanol–water partition coefficient (Wildman–Crippen LogP) is -0.674. The van der Waals surface area contributed by atoms with Crippen LogP contribution in [0.5, 0.6) is 0 Å². The molecule has 1 aromatic rings. The van der Waals surface area contributed by atoms with Gasteiger partial charge in [-0.2, -0.15) is 0 Å². The maximum atomic E-state index is 13.2. The maximum Gasteiger partial charge on any atom is 0.253 e. The average molecular weight is 226 g/mol. The van der Waals surface area contributed by atoms with Gasteiger partial charge in [-0.15, -0.1) is 0 Å². The van der Waals surface area contributed by atoms with Crippen molar-refractivity contribution in [2.75, 3.05) is 12.0 Å². The van der Waals surface area contributed by atoms with Gasteiger partial charge in [0, 0.05) is 0 Å². The second-order valence-electron chi connectivity index (χ2n) is 2.96. The average Bonchev–Trinajstić information content (AvgIpc) is 2.25. The number of para-hydroxylation sites is 1. The highest BCUT2D eigenvalue weighted by Gasteiger charge is 2.14. The Kier molecular flexibility index (Phi) is 3.78. The predicted molar refractivity (Wildman–Crippen MR) is 55.7 cm³/mol. The molecule has 0 aliphatic carbocycles. The summed E-state index contributed by atoms with van der Waals surface area (Å²) >= 11 is 0. The van der Waals surface area contributed by atoms with Gasteiger partial charge >= 0.3 is 0 Å². The Hall–Kier alpha value is -2.15. The molecule has 1 aromatic carbocycles. The van der Waals surface area contributed by atoms with Gasteiger partial charge in [-0.25, -0.2) is 4.39 Å². The summed E-state index contributed by atoms with van der Waals surface area (Å²) in [5.74, 6) is 3.10. The van der Waals surface area contributed by atoms with Gasteiger partial charge in [0.15, 0.2) is 0 Å². The second kappa shape index (κ2) is 5.08. The van der Waals surface area contributed by atoms with Crippen molar-refractivity contribution in [1.82, 2.24) is 5.32 Å². The molecular weight excluding hydrogens is 215 g/mol. The lowest BCUT2D eigenvalue weighted by molar-refractivity contribution is -0.117. The van der Waals surface area contributed by atoms with E-state index < -0.39 is 17.6 Å². The number of carbonyl (C=O) groups excluding carboxylic acids is 2. The van der Waals surface area contributed by atoms with E-state index in [1.807, 2.05) is 0 Å². The highest BCUT2D eigenvalue weighted by Crippen LogP contribution is 2.18. The summed E-state index contributed by atoms with van der Waals surface area (Å²) in [4.78, 5) is 21.9. The SMILES string of the molecule is NNc1c(F)cccc1C(=O)NCC(N)=O. The lowest BCUT2D eigenvalue weighted by Gasteiger charge is -2.09. The topological polar surface area (TPSA) is 110 Å². The Morgan fingerprint density at radius 3 is 2.62 bits per heavy atom. The van der Waals surface area contributed by atoms with Crippen LogP contribution in [0.4, 0.5) is 10.1 Å². The number of hydrogen-bond donors (Lipinski definition) is 4. The van der Waals surface area contributed by atoms with Gasteiger partial charge < -0.3 is 16.5 Å². The number of hydrogen-bond acceptors (Lipinski definition) is 4. The molecule has 1 rings (SSSR count). The van der Waals surface area contributed by atoms with Gasteiger partial charge in [-0.3, -0.25) is 15.4 Å². The van der Waals surface area contributed by atoms with E-state index in [1.54, 1.807) is 0 Å². The standard InChI is InChI=1S/C9H11FN4O2/c10-6-3-1-2-5(8(6)14-12)9(16)13-4-7(11)15/h1-3,14H,4,12H2,(H2,11,15)(H,13,16). The molecule has 0 spiro atoms. The van der Waals surface area contributed by atoms with E-state index in [9.17, 15) is 14.0 Å². The molecular formula is C9H11FN4O2. The number of nitrogens with one attached hydrogen (secondary N) is 2. The molecule has 6 nitrogen and oxygen atoms in total. The van der Waals surface area contributed by atoms with Gasteiger partial charge in [0.1, 0.15) is 5.82 Å². The monoisotopic (exact) mass is 226 g/mol. The zero-order valence-corrected chi connectivity index (χ0v) is 8.29. The summed E-state index contributed by atoms with van der Waals surface area (Å²) in [7, 11) is 0. The number of hydrazine groups is 1.